The van der Waals surface area contributed by atoms with Crippen LogP contribution in [-0.4, -0.2) is 48.3 Å². The number of aliphatic carboxylic acids is 1. The Morgan fingerprint density at radius 1 is 1.33 bits per heavy atom. The van der Waals surface area contributed by atoms with E-state index in [1.54, 1.807) is 19.6 Å². The second-order valence-electron chi connectivity index (χ2n) is 8.98. The number of aromatic nitrogens is 1. The quantitative estimate of drug-likeness (QED) is 0.406. The van der Waals surface area contributed by atoms with Crippen LogP contribution in [0.15, 0.2) is 47.0 Å². The molecular weight excluding hydrogens is 420 g/mol. The van der Waals surface area contributed by atoms with Gasteiger partial charge in [-0.2, -0.15) is 0 Å². The number of rotatable bonds is 6. The van der Waals surface area contributed by atoms with Crippen molar-refractivity contribution in [2.24, 2.45) is 11.8 Å². The van der Waals surface area contributed by atoms with Crippen LogP contribution in [0.3, 0.4) is 0 Å². The number of nitrogens with zero attached hydrogens (tertiary/aromatic N) is 1. The van der Waals surface area contributed by atoms with Crippen LogP contribution >= 0.6 is 0 Å². The molecule has 0 spiro atoms. The molecule has 0 saturated carbocycles. The summed E-state index contributed by atoms with van der Waals surface area (Å²) in [5.74, 6) is 0.179. The summed E-state index contributed by atoms with van der Waals surface area (Å²) in [7, 11) is 3.23. The van der Waals surface area contributed by atoms with Crippen LogP contribution in [0, 0.1) is 11.8 Å². The number of hydrogen-bond donors (Lipinski definition) is 2. The minimum Gasteiger partial charge on any atom is -0.504 e. The summed E-state index contributed by atoms with van der Waals surface area (Å²) >= 11 is 0. The fourth-order valence-corrected chi connectivity index (χ4v) is 5.90. The molecule has 1 aromatic carbocycles. The Kier molecular flexibility index (Phi) is 5.66. The van der Waals surface area contributed by atoms with Gasteiger partial charge in [-0.15, -0.1) is 0 Å². The molecule has 2 N–H and O–H groups in total. The van der Waals surface area contributed by atoms with E-state index in [0.717, 1.165) is 60.1 Å². The predicted molar refractivity (Wildman–Crippen MR) is 125 cm³/mol. The monoisotopic (exact) mass is 450 g/mol. The number of carboxylic acids is 1. The first-order valence-corrected chi connectivity index (χ1v) is 11.5. The van der Waals surface area contributed by atoms with Gasteiger partial charge in [0, 0.05) is 40.8 Å². The maximum Gasteiger partial charge on any atom is 0.334 e. The standard InChI is InChI=1S/C26H30N2O5/c1-4-15-12-28-9-7-18-23-21(6-5-17(25(23)32-3)16-8-10-33-13-16)27-24(18)22(28)11-19(15)20(14-31-2)26(29)30/h5-6,8,10,13-15,19,22,27H,4,7,9,11-12H2,1-3H3,(H,29,30)/b20-14+/t15-,19+,22?/m1/s1. The third kappa shape index (κ3) is 3.51. The van der Waals surface area contributed by atoms with Gasteiger partial charge in [0.2, 0.25) is 0 Å². The minimum absolute atomic E-state index is 0.0607. The number of H-pyrrole nitrogens is 1. The summed E-state index contributed by atoms with van der Waals surface area (Å²) in [5.41, 5.74) is 5.86. The van der Waals surface area contributed by atoms with Crippen molar-refractivity contribution in [3.05, 3.63) is 53.8 Å². The number of benzene rings is 1. The van der Waals surface area contributed by atoms with E-state index in [-0.39, 0.29) is 17.9 Å². The molecule has 4 heterocycles. The number of carbonyl (C=O) groups is 1. The van der Waals surface area contributed by atoms with Crippen LogP contribution in [0.5, 0.6) is 5.75 Å². The zero-order valence-corrected chi connectivity index (χ0v) is 19.3. The highest BCUT2D eigenvalue weighted by molar-refractivity contribution is 5.97. The third-order valence-corrected chi connectivity index (χ3v) is 7.44. The SMILES string of the molecule is CC[C@@H]1CN2CCc3c([nH]c4ccc(-c5ccoc5)c(OC)c34)C2C[C@@H]1/C(=C\OC)C(=O)O. The topological polar surface area (TPSA) is 87.9 Å². The molecule has 5 rings (SSSR count). The first kappa shape index (κ1) is 21.6. The number of carboxylic acid groups (broad SMARTS) is 1. The molecule has 33 heavy (non-hydrogen) atoms. The Morgan fingerprint density at radius 2 is 2.18 bits per heavy atom. The molecule has 3 atom stereocenters. The Balaban J connectivity index is 1.60. The van der Waals surface area contributed by atoms with Crippen molar-refractivity contribution in [3.63, 3.8) is 0 Å². The van der Waals surface area contributed by atoms with Crippen LogP contribution in [0.2, 0.25) is 0 Å². The Labute approximate surface area is 193 Å². The van der Waals surface area contributed by atoms with Crippen molar-refractivity contribution >= 4 is 16.9 Å². The fraction of sp³-hybridized carbons (Fsp3) is 0.423. The maximum absolute atomic E-state index is 12.0. The molecule has 7 nitrogen and oxygen atoms in total. The van der Waals surface area contributed by atoms with E-state index in [1.807, 2.05) is 6.07 Å². The maximum atomic E-state index is 12.0. The molecule has 0 bridgehead atoms. The highest BCUT2D eigenvalue weighted by Crippen LogP contribution is 2.48. The number of hydrogen-bond acceptors (Lipinski definition) is 5. The third-order valence-electron chi connectivity index (χ3n) is 7.44. The van der Waals surface area contributed by atoms with Crippen molar-refractivity contribution in [1.29, 1.82) is 0 Å². The van der Waals surface area contributed by atoms with Crippen LogP contribution in [0.4, 0.5) is 0 Å². The molecule has 0 radical (unpaired) electrons. The second kappa shape index (κ2) is 8.63. The van der Waals surface area contributed by atoms with Crippen LogP contribution < -0.4 is 4.74 Å². The number of piperidine rings is 1. The number of furan rings is 1. The first-order valence-electron chi connectivity index (χ1n) is 11.5. The molecule has 1 saturated heterocycles. The summed E-state index contributed by atoms with van der Waals surface area (Å²) in [4.78, 5) is 18.2. The van der Waals surface area contributed by atoms with Crippen molar-refractivity contribution in [2.75, 3.05) is 27.3 Å². The number of aromatic amines is 1. The number of ether oxygens (including phenoxy) is 2. The van der Waals surface area contributed by atoms with Gasteiger partial charge in [0.05, 0.1) is 44.6 Å². The highest BCUT2D eigenvalue weighted by atomic mass is 16.5. The van der Waals surface area contributed by atoms with Gasteiger partial charge in [-0.05, 0) is 48.4 Å². The molecule has 174 valence electrons. The molecule has 7 heteroatoms. The molecule has 2 aliphatic rings. The Morgan fingerprint density at radius 3 is 2.85 bits per heavy atom. The summed E-state index contributed by atoms with van der Waals surface area (Å²) in [6.07, 6.45) is 7.43. The van der Waals surface area contributed by atoms with E-state index in [2.05, 4.69) is 28.9 Å². The van der Waals surface area contributed by atoms with E-state index in [4.69, 9.17) is 13.9 Å². The lowest BCUT2D eigenvalue weighted by Gasteiger charge is -2.46. The van der Waals surface area contributed by atoms with E-state index in [9.17, 15) is 9.90 Å². The largest absolute Gasteiger partial charge is 0.504 e. The molecule has 0 amide bonds. The van der Waals surface area contributed by atoms with Gasteiger partial charge >= 0.3 is 5.97 Å². The second-order valence-corrected chi connectivity index (χ2v) is 8.98. The van der Waals surface area contributed by atoms with Crippen molar-refractivity contribution in [2.45, 2.75) is 32.2 Å². The number of nitrogens with one attached hydrogen (secondary N) is 1. The van der Waals surface area contributed by atoms with Crippen molar-refractivity contribution < 1.29 is 23.8 Å². The summed E-state index contributed by atoms with van der Waals surface area (Å²) in [6, 6.07) is 6.24. The van der Waals surface area contributed by atoms with Crippen LogP contribution in [-0.2, 0) is 16.0 Å². The molecule has 2 aliphatic heterocycles. The van der Waals surface area contributed by atoms with Gasteiger partial charge in [-0.1, -0.05) is 13.3 Å². The average Bonchev–Trinajstić information content (AvgIpc) is 3.49. The molecule has 0 aliphatic carbocycles. The smallest absolute Gasteiger partial charge is 0.334 e. The van der Waals surface area contributed by atoms with Crippen LogP contribution in [0.1, 0.15) is 37.1 Å². The zero-order chi connectivity index (χ0) is 23.1. The summed E-state index contributed by atoms with van der Waals surface area (Å²) in [6.45, 7) is 3.97. The number of fused-ring (bicyclic) bond motifs is 5. The highest BCUT2D eigenvalue weighted by Gasteiger charge is 2.42. The lowest BCUT2D eigenvalue weighted by Crippen LogP contribution is -2.46. The Bertz CT molecular complexity index is 1190. The van der Waals surface area contributed by atoms with E-state index >= 15 is 0 Å². The van der Waals surface area contributed by atoms with Crippen molar-refractivity contribution in [3.8, 4) is 16.9 Å². The van der Waals surface area contributed by atoms with Crippen molar-refractivity contribution in [1.82, 2.24) is 9.88 Å². The summed E-state index contributed by atoms with van der Waals surface area (Å²) in [5, 5.41) is 11.0. The molecule has 2 aromatic heterocycles. The lowest BCUT2D eigenvalue weighted by molar-refractivity contribution is -0.134. The Hall–Kier alpha value is -3.19. The molecular formula is C26H30N2O5. The summed E-state index contributed by atoms with van der Waals surface area (Å²) < 4.78 is 16.4. The molecule has 3 aromatic rings. The van der Waals surface area contributed by atoms with Gasteiger partial charge in [0.1, 0.15) is 5.75 Å². The predicted octanol–water partition coefficient (Wildman–Crippen LogP) is 5.00. The fourth-order valence-electron chi connectivity index (χ4n) is 5.90. The zero-order valence-electron chi connectivity index (χ0n) is 19.3. The molecule has 1 fully saturated rings. The van der Waals surface area contributed by atoms with E-state index < -0.39 is 5.97 Å². The van der Waals surface area contributed by atoms with Gasteiger partial charge in [0.25, 0.3) is 0 Å². The van der Waals surface area contributed by atoms with Gasteiger partial charge in [0.15, 0.2) is 0 Å². The van der Waals surface area contributed by atoms with E-state index in [1.165, 1.54) is 24.6 Å². The first-order chi connectivity index (χ1) is 16.1. The minimum atomic E-state index is -0.896. The van der Waals surface area contributed by atoms with Gasteiger partial charge in [-0.25, -0.2) is 4.79 Å². The normalized spacial score (nSPS) is 23.2. The van der Waals surface area contributed by atoms with Gasteiger partial charge < -0.3 is 24.0 Å². The lowest BCUT2D eigenvalue weighted by atomic mass is 9.74. The van der Waals surface area contributed by atoms with E-state index in [0.29, 0.717) is 5.57 Å². The number of methoxy groups -OCH3 is 2. The van der Waals surface area contributed by atoms with Crippen LogP contribution in [0.25, 0.3) is 22.0 Å². The molecule has 1 unspecified atom stereocenters. The van der Waals surface area contributed by atoms with Gasteiger partial charge in [-0.3, -0.25) is 4.90 Å². The average molecular weight is 451 g/mol.